The van der Waals surface area contributed by atoms with E-state index in [4.69, 9.17) is 4.74 Å². The number of piperidine rings is 1. The van der Waals surface area contributed by atoms with Crippen LogP contribution in [0.4, 0.5) is 4.79 Å². The van der Waals surface area contributed by atoms with E-state index in [0.29, 0.717) is 18.4 Å². The lowest BCUT2D eigenvalue weighted by atomic mass is 9.68. The molecule has 4 rings (SSSR count). The van der Waals surface area contributed by atoms with Gasteiger partial charge in [0.05, 0.1) is 5.54 Å². The summed E-state index contributed by atoms with van der Waals surface area (Å²) < 4.78 is 5.00. The van der Waals surface area contributed by atoms with Crippen molar-refractivity contribution in [2.24, 2.45) is 11.8 Å². The van der Waals surface area contributed by atoms with Crippen LogP contribution in [0.15, 0.2) is 24.3 Å². The van der Waals surface area contributed by atoms with Crippen molar-refractivity contribution in [1.29, 1.82) is 0 Å². The van der Waals surface area contributed by atoms with E-state index in [2.05, 4.69) is 43.4 Å². The topological polar surface area (TPSA) is 58.6 Å². The second-order valence-corrected chi connectivity index (χ2v) is 9.03. The minimum absolute atomic E-state index is 0.0406. The fraction of sp³-hybridized carbons (Fsp3) is 0.636. The smallest absolute Gasteiger partial charge is 0.407 e. The lowest BCUT2D eigenvalue weighted by Gasteiger charge is -2.45. The first-order valence-electron chi connectivity index (χ1n) is 10.3. The molecule has 1 saturated carbocycles. The molecule has 0 aromatic heterocycles. The number of hydrogen-bond donors (Lipinski definition) is 1. The number of ether oxygens (including phenoxy) is 1. The van der Waals surface area contributed by atoms with Crippen molar-refractivity contribution in [3.8, 4) is 0 Å². The molecule has 2 amide bonds. The van der Waals surface area contributed by atoms with Crippen molar-refractivity contribution in [2.75, 3.05) is 19.7 Å². The van der Waals surface area contributed by atoms with Gasteiger partial charge < -0.3 is 15.0 Å². The molecule has 1 aromatic rings. The summed E-state index contributed by atoms with van der Waals surface area (Å²) in [6, 6.07) is 9.08. The van der Waals surface area contributed by atoms with E-state index in [9.17, 15) is 9.59 Å². The highest BCUT2D eigenvalue weighted by atomic mass is 16.6. The maximum Gasteiger partial charge on any atom is 0.407 e. The van der Waals surface area contributed by atoms with E-state index in [0.717, 1.165) is 45.2 Å². The molecule has 1 aromatic carbocycles. The average molecular weight is 370 g/mol. The lowest BCUT2D eigenvalue weighted by molar-refractivity contribution is -0.142. The van der Waals surface area contributed by atoms with E-state index in [-0.39, 0.29) is 23.5 Å². The van der Waals surface area contributed by atoms with Gasteiger partial charge in [-0.15, -0.1) is 0 Å². The summed E-state index contributed by atoms with van der Waals surface area (Å²) in [6.07, 6.45) is 4.28. The maximum absolute atomic E-state index is 12.8. The molecule has 0 unspecified atom stereocenters. The van der Waals surface area contributed by atoms with E-state index in [1.807, 2.05) is 4.90 Å². The van der Waals surface area contributed by atoms with E-state index < -0.39 is 0 Å². The van der Waals surface area contributed by atoms with Crippen LogP contribution in [0.2, 0.25) is 0 Å². The van der Waals surface area contributed by atoms with Gasteiger partial charge >= 0.3 is 6.09 Å². The van der Waals surface area contributed by atoms with Gasteiger partial charge in [0.25, 0.3) is 0 Å². The van der Waals surface area contributed by atoms with Crippen LogP contribution in [0.3, 0.4) is 0 Å². The number of likely N-dealkylation sites (tertiary alicyclic amines) is 1. The summed E-state index contributed by atoms with van der Waals surface area (Å²) in [6.45, 7) is 6.58. The van der Waals surface area contributed by atoms with Gasteiger partial charge in [0.1, 0.15) is 6.61 Å². The van der Waals surface area contributed by atoms with Gasteiger partial charge in [-0.05, 0) is 55.1 Å². The van der Waals surface area contributed by atoms with Crippen LogP contribution in [-0.2, 0) is 16.0 Å². The largest absolute Gasteiger partial charge is 0.447 e. The molecular formula is C22H30N2O3. The third-order valence-corrected chi connectivity index (χ3v) is 6.37. The summed E-state index contributed by atoms with van der Waals surface area (Å²) >= 11 is 0. The van der Waals surface area contributed by atoms with Gasteiger partial charge in [-0.1, -0.05) is 38.1 Å². The Balaban J connectivity index is 1.26. The first kappa shape index (κ1) is 18.3. The highest BCUT2D eigenvalue weighted by Crippen LogP contribution is 2.42. The summed E-state index contributed by atoms with van der Waals surface area (Å²) in [4.78, 5) is 26.0. The normalized spacial score (nSPS) is 28.2. The molecule has 0 atom stereocenters. The molecule has 3 fully saturated rings. The Hall–Kier alpha value is -2.04. The summed E-state index contributed by atoms with van der Waals surface area (Å²) in [5, 5.41) is 2.87. The van der Waals surface area contributed by atoms with Crippen molar-refractivity contribution >= 4 is 12.0 Å². The summed E-state index contributed by atoms with van der Waals surface area (Å²) in [5.41, 5.74) is 2.54. The minimum Gasteiger partial charge on any atom is -0.447 e. The fourth-order valence-corrected chi connectivity index (χ4v) is 4.86. The predicted octanol–water partition coefficient (Wildman–Crippen LogP) is 3.48. The van der Waals surface area contributed by atoms with Gasteiger partial charge in [-0.2, -0.15) is 0 Å². The summed E-state index contributed by atoms with van der Waals surface area (Å²) in [5.74, 6) is 1.53. The highest BCUT2D eigenvalue weighted by molar-refractivity contribution is 5.81. The van der Waals surface area contributed by atoms with E-state index >= 15 is 0 Å². The molecule has 1 N–H and O–H groups in total. The molecule has 1 spiro atoms. The Morgan fingerprint density at radius 1 is 1.22 bits per heavy atom. The van der Waals surface area contributed by atoms with Gasteiger partial charge in [0, 0.05) is 19.0 Å². The van der Waals surface area contributed by atoms with Crippen LogP contribution >= 0.6 is 0 Å². The highest BCUT2D eigenvalue weighted by Gasteiger charge is 2.53. The molecule has 2 saturated heterocycles. The number of cyclic esters (lactones) is 1. The van der Waals surface area contributed by atoms with Crippen molar-refractivity contribution in [2.45, 2.75) is 57.4 Å². The number of rotatable bonds is 4. The standard InChI is InChI=1S/C22H30N2O3/c1-15(2)11-16-3-5-17(6-4-16)18-7-9-24(10-8-18)20(25)19-12-22(13-19)14-27-21(26)23-22/h3-6,15,18-19H,7-14H2,1-2H3,(H,23,26)/t19-,22+. The molecule has 5 heteroatoms. The third kappa shape index (κ3) is 3.83. The van der Waals surface area contributed by atoms with Gasteiger partial charge in [-0.3, -0.25) is 4.79 Å². The Morgan fingerprint density at radius 2 is 1.89 bits per heavy atom. The number of carbonyl (C=O) groups is 2. The SMILES string of the molecule is CC(C)Cc1ccc(C2CCN(C(=O)[C@H]3C[C@]4(COC(=O)N4)C3)CC2)cc1. The van der Waals surface area contributed by atoms with Crippen molar-refractivity contribution < 1.29 is 14.3 Å². The average Bonchev–Trinajstić information content (AvgIpc) is 3.02. The number of carbonyl (C=O) groups excluding carboxylic acids is 2. The first-order valence-corrected chi connectivity index (χ1v) is 10.3. The number of nitrogens with one attached hydrogen (secondary N) is 1. The quantitative estimate of drug-likeness (QED) is 0.883. The molecule has 146 valence electrons. The van der Waals surface area contributed by atoms with Crippen LogP contribution in [0, 0.1) is 11.8 Å². The molecular weight excluding hydrogens is 340 g/mol. The Kier molecular flexibility index (Phi) is 4.87. The van der Waals surface area contributed by atoms with Crippen LogP contribution in [0.5, 0.6) is 0 Å². The molecule has 2 aliphatic heterocycles. The molecule has 27 heavy (non-hydrogen) atoms. The zero-order chi connectivity index (χ0) is 19.0. The van der Waals surface area contributed by atoms with Crippen molar-refractivity contribution in [1.82, 2.24) is 10.2 Å². The van der Waals surface area contributed by atoms with Crippen molar-refractivity contribution in [3.05, 3.63) is 35.4 Å². The third-order valence-electron chi connectivity index (χ3n) is 6.37. The number of amides is 2. The molecule has 3 aliphatic rings. The monoisotopic (exact) mass is 370 g/mol. The molecule has 0 bridgehead atoms. The summed E-state index contributed by atoms with van der Waals surface area (Å²) in [7, 11) is 0. The van der Waals surface area contributed by atoms with Crippen LogP contribution in [0.1, 0.15) is 56.6 Å². The zero-order valence-corrected chi connectivity index (χ0v) is 16.4. The van der Waals surface area contributed by atoms with Crippen LogP contribution < -0.4 is 5.32 Å². The molecule has 1 aliphatic carbocycles. The molecule has 5 nitrogen and oxygen atoms in total. The molecule has 2 heterocycles. The van der Waals surface area contributed by atoms with Crippen LogP contribution in [-0.4, -0.2) is 42.1 Å². The Morgan fingerprint density at radius 3 is 2.44 bits per heavy atom. The predicted molar refractivity (Wildman–Crippen MR) is 103 cm³/mol. The minimum atomic E-state index is -0.346. The number of hydrogen-bond acceptors (Lipinski definition) is 3. The molecule has 0 radical (unpaired) electrons. The van der Waals surface area contributed by atoms with Crippen LogP contribution in [0.25, 0.3) is 0 Å². The Labute approximate surface area is 161 Å². The second-order valence-electron chi connectivity index (χ2n) is 9.03. The zero-order valence-electron chi connectivity index (χ0n) is 16.4. The number of benzene rings is 1. The fourth-order valence-electron chi connectivity index (χ4n) is 4.86. The van der Waals surface area contributed by atoms with E-state index in [1.54, 1.807) is 0 Å². The lowest BCUT2D eigenvalue weighted by Crippen LogP contribution is -2.58. The van der Waals surface area contributed by atoms with Crippen molar-refractivity contribution in [3.63, 3.8) is 0 Å². The van der Waals surface area contributed by atoms with Gasteiger partial charge in [0.15, 0.2) is 0 Å². The first-order chi connectivity index (χ1) is 12.9. The van der Waals surface area contributed by atoms with Gasteiger partial charge in [-0.25, -0.2) is 4.79 Å². The Bertz CT molecular complexity index is 699. The maximum atomic E-state index is 12.8. The van der Waals surface area contributed by atoms with Gasteiger partial charge in [0.2, 0.25) is 5.91 Å². The van der Waals surface area contributed by atoms with E-state index in [1.165, 1.54) is 11.1 Å². The second kappa shape index (κ2) is 7.17. The number of nitrogens with zero attached hydrogens (tertiary/aromatic N) is 1. The number of alkyl carbamates (subject to hydrolysis) is 1.